The third-order valence-corrected chi connectivity index (χ3v) is 2.87. The number of oxazole rings is 1. The number of rotatable bonds is 1. The molecule has 1 heterocycles. The Bertz CT molecular complexity index is 471. The van der Waals surface area contributed by atoms with E-state index in [2.05, 4.69) is 4.98 Å². The molecule has 0 unspecified atom stereocenters. The van der Waals surface area contributed by atoms with Gasteiger partial charge in [-0.05, 0) is 25.0 Å². The minimum Gasteiger partial charge on any atom is -0.504 e. The van der Waals surface area contributed by atoms with Crippen LogP contribution in [0.3, 0.4) is 0 Å². The number of para-hydroxylation sites is 1. The van der Waals surface area contributed by atoms with Crippen molar-refractivity contribution in [3.8, 4) is 5.75 Å². The number of phenols is 1. The average molecular weight is 189 g/mol. The van der Waals surface area contributed by atoms with Gasteiger partial charge >= 0.3 is 0 Å². The van der Waals surface area contributed by atoms with Crippen molar-refractivity contribution in [3.05, 3.63) is 24.1 Å². The molecule has 1 aromatic heterocycles. The summed E-state index contributed by atoms with van der Waals surface area (Å²) in [6.45, 7) is 0. The van der Waals surface area contributed by atoms with Crippen LogP contribution in [0.1, 0.15) is 31.1 Å². The Morgan fingerprint density at radius 2 is 2.21 bits per heavy atom. The van der Waals surface area contributed by atoms with Crippen LogP contribution in [0.5, 0.6) is 5.75 Å². The van der Waals surface area contributed by atoms with Crippen molar-refractivity contribution < 1.29 is 9.52 Å². The normalized spacial score (nSPS) is 17.1. The van der Waals surface area contributed by atoms with Crippen molar-refractivity contribution in [1.29, 1.82) is 0 Å². The zero-order valence-corrected chi connectivity index (χ0v) is 7.73. The third kappa shape index (κ3) is 1.02. The molecule has 0 aliphatic heterocycles. The fourth-order valence-corrected chi connectivity index (χ4v) is 1.78. The number of hydrogen-bond donors (Lipinski definition) is 1. The molecule has 1 aliphatic carbocycles. The predicted molar refractivity (Wildman–Crippen MR) is 52.3 cm³/mol. The van der Waals surface area contributed by atoms with Gasteiger partial charge in [-0.1, -0.05) is 12.5 Å². The van der Waals surface area contributed by atoms with Crippen LogP contribution in [0.25, 0.3) is 11.1 Å². The maximum absolute atomic E-state index is 9.52. The molecule has 1 fully saturated rings. The molecule has 72 valence electrons. The van der Waals surface area contributed by atoms with E-state index in [1.807, 2.05) is 6.07 Å². The Hall–Kier alpha value is -1.51. The van der Waals surface area contributed by atoms with Crippen molar-refractivity contribution in [1.82, 2.24) is 4.98 Å². The summed E-state index contributed by atoms with van der Waals surface area (Å²) in [6, 6.07) is 5.27. The Morgan fingerprint density at radius 3 is 2.86 bits per heavy atom. The highest BCUT2D eigenvalue weighted by Gasteiger charge is 2.25. The van der Waals surface area contributed by atoms with Gasteiger partial charge in [-0.15, -0.1) is 0 Å². The molecule has 0 amide bonds. The van der Waals surface area contributed by atoms with Crippen LogP contribution in [0.15, 0.2) is 22.6 Å². The Balaban J connectivity index is 2.15. The summed E-state index contributed by atoms with van der Waals surface area (Å²) in [5, 5.41) is 9.52. The van der Waals surface area contributed by atoms with E-state index in [9.17, 15) is 5.11 Å². The quantitative estimate of drug-likeness (QED) is 0.750. The van der Waals surface area contributed by atoms with Gasteiger partial charge in [0.1, 0.15) is 5.52 Å². The third-order valence-electron chi connectivity index (χ3n) is 2.87. The lowest BCUT2D eigenvalue weighted by Crippen LogP contribution is -2.08. The van der Waals surface area contributed by atoms with E-state index in [1.165, 1.54) is 6.42 Å². The number of fused-ring (bicyclic) bond motifs is 1. The molecule has 1 aromatic carbocycles. The van der Waals surface area contributed by atoms with Crippen molar-refractivity contribution >= 4 is 11.1 Å². The van der Waals surface area contributed by atoms with Crippen molar-refractivity contribution in [2.75, 3.05) is 0 Å². The highest BCUT2D eigenvalue weighted by molar-refractivity contribution is 5.78. The molecule has 1 aliphatic rings. The summed E-state index contributed by atoms with van der Waals surface area (Å²) in [6.07, 6.45) is 3.58. The number of nitrogens with zero attached hydrogens (tertiary/aromatic N) is 1. The van der Waals surface area contributed by atoms with Crippen LogP contribution in [0.2, 0.25) is 0 Å². The molecule has 1 N–H and O–H groups in total. The largest absolute Gasteiger partial charge is 0.504 e. The minimum absolute atomic E-state index is 0.181. The van der Waals surface area contributed by atoms with E-state index in [0.29, 0.717) is 11.5 Å². The van der Waals surface area contributed by atoms with Crippen LogP contribution in [-0.4, -0.2) is 10.1 Å². The molecular formula is C11H11NO2. The summed E-state index contributed by atoms with van der Waals surface area (Å²) in [4.78, 5) is 4.37. The zero-order valence-electron chi connectivity index (χ0n) is 7.73. The second-order valence-electron chi connectivity index (χ2n) is 3.81. The molecule has 3 rings (SSSR count). The van der Waals surface area contributed by atoms with Gasteiger partial charge in [0, 0.05) is 5.92 Å². The number of aromatic hydroxyl groups is 1. The predicted octanol–water partition coefficient (Wildman–Crippen LogP) is 2.80. The summed E-state index contributed by atoms with van der Waals surface area (Å²) in [7, 11) is 0. The Kier molecular flexibility index (Phi) is 1.54. The first kappa shape index (κ1) is 7.85. The minimum atomic E-state index is 0.181. The van der Waals surface area contributed by atoms with Crippen molar-refractivity contribution in [3.63, 3.8) is 0 Å². The fourth-order valence-electron chi connectivity index (χ4n) is 1.78. The standard InChI is InChI=1S/C11H11NO2/c13-9-6-2-5-8-10(9)14-11(12-8)7-3-1-4-7/h2,5-7,13H,1,3-4H2. The highest BCUT2D eigenvalue weighted by atomic mass is 16.4. The van der Waals surface area contributed by atoms with Crippen LogP contribution >= 0.6 is 0 Å². The van der Waals surface area contributed by atoms with E-state index in [4.69, 9.17) is 4.42 Å². The topological polar surface area (TPSA) is 46.3 Å². The van der Waals surface area contributed by atoms with Gasteiger partial charge in [0.15, 0.2) is 17.2 Å². The van der Waals surface area contributed by atoms with E-state index in [0.717, 1.165) is 24.2 Å². The summed E-state index contributed by atoms with van der Waals surface area (Å²) >= 11 is 0. The fraction of sp³-hybridized carbons (Fsp3) is 0.364. The van der Waals surface area contributed by atoms with Gasteiger partial charge in [-0.2, -0.15) is 0 Å². The molecule has 3 heteroatoms. The lowest BCUT2D eigenvalue weighted by molar-refractivity contribution is 0.341. The van der Waals surface area contributed by atoms with E-state index >= 15 is 0 Å². The van der Waals surface area contributed by atoms with Gasteiger partial charge in [-0.3, -0.25) is 0 Å². The molecule has 0 saturated heterocycles. The number of hydrogen-bond acceptors (Lipinski definition) is 3. The number of phenolic OH excluding ortho intramolecular Hbond substituents is 1. The second kappa shape index (κ2) is 2.74. The lowest BCUT2D eigenvalue weighted by atomic mass is 9.85. The van der Waals surface area contributed by atoms with Crippen molar-refractivity contribution in [2.24, 2.45) is 0 Å². The van der Waals surface area contributed by atoms with E-state index in [1.54, 1.807) is 12.1 Å². The van der Waals surface area contributed by atoms with E-state index in [-0.39, 0.29) is 5.75 Å². The molecule has 0 bridgehead atoms. The molecule has 14 heavy (non-hydrogen) atoms. The van der Waals surface area contributed by atoms with Crippen LogP contribution in [-0.2, 0) is 0 Å². The van der Waals surface area contributed by atoms with Gasteiger partial charge in [0.25, 0.3) is 0 Å². The first-order valence-corrected chi connectivity index (χ1v) is 4.93. The SMILES string of the molecule is Oc1cccc2nc(C3CCC3)oc12. The monoisotopic (exact) mass is 189 g/mol. The van der Waals surface area contributed by atoms with Gasteiger partial charge in [0.05, 0.1) is 0 Å². The molecule has 0 spiro atoms. The summed E-state index contributed by atoms with van der Waals surface area (Å²) < 4.78 is 5.54. The molecule has 3 nitrogen and oxygen atoms in total. The highest BCUT2D eigenvalue weighted by Crippen LogP contribution is 2.38. The van der Waals surface area contributed by atoms with Crippen LogP contribution in [0.4, 0.5) is 0 Å². The molecule has 1 saturated carbocycles. The summed E-state index contributed by atoms with van der Waals surface area (Å²) in [5.41, 5.74) is 1.28. The first-order valence-electron chi connectivity index (χ1n) is 4.93. The molecular weight excluding hydrogens is 178 g/mol. The van der Waals surface area contributed by atoms with Crippen molar-refractivity contribution in [2.45, 2.75) is 25.2 Å². The maximum Gasteiger partial charge on any atom is 0.198 e. The van der Waals surface area contributed by atoms with Gasteiger partial charge < -0.3 is 9.52 Å². The average Bonchev–Trinajstić information content (AvgIpc) is 2.46. The first-order chi connectivity index (χ1) is 6.84. The number of benzene rings is 1. The summed E-state index contributed by atoms with van der Waals surface area (Å²) in [5.74, 6) is 1.44. The van der Waals surface area contributed by atoms with Crippen LogP contribution < -0.4 is 0 Å². The van der Waals surface area contributed by atoms with Gasteiger partial charge in [-0.25, -0.2) is 4.98 Å². The molecule has 0 atom stereocenters. The second-order valence-corrected chi connectivity index (χ2v) is 3.81. The lowest BCUT2D eigenvalue weighted by Gasteiger charge is -2.21. The zero-order chi connectivity index (χ0) is 9.54. The van der Waals surface area contributed by atoms with E-state index < -0.39 is 0 Å². The number of aromatic nitrogens is 1. The maximum atomic E-state index is 9.52. The molecule has 2 aromatic rings. The smallest absolute Gasteiger partial charge is 0.198 e. The molecule has 0 radical (unpaired) electrons. The Labute approximate surface area is 81.4 Å². The Morgan fingerprint density at radius 1 is 1.36 bits per heavy atom. The van der Waals surface area contributed by atoms with Crippen LogP contribution in [0, 0.1) is 0 Å². The van der Waals surface area contributed by atoms with Gasteiger partial charge in [0.2, 0.25) is 0 Å².